The predicted octanol–water partition coefficient (Wildman–Crippen LogP) is 7.61. The van der Waals surface area contributed by atoms with E-state index in [4.69, 9.17) is 5.26 Å². The lowest BCUT2D eigenvalue weighted by Crippen LogP contribution is -2.32. The molecule has 0 amide bonds. The molecule has 3 N–H and O–H groups in total. The van der Waals surface area contributed by atoms with Gasteiger partial charge in [0.2, 0.25) is 0 Å². The summed E-state index contributed by atoms with van der Waals surface area (Å²) in [5.74, 6) is 1.68. The molecule has 306 valence electrons. The molecule has 0 saturated carbocycles. The lowest BCUT2D eigenvalue weighted by molar-refractivity contribution is -0.138. The number of hydrogen-bond acceptors (Lipinski definition) is 11. The van der Waals surface area contributed by atoms with Crippen molar-refractivity contribution in [1.82, 2.24) is 49.7 Å². The van der Waals surface area contributed by atoms with Crippen LogP contribution in [0.3, 0.4) is 0 Å². The van der Waals surface area contributed by atoms with E-state index < -0.39 is 23.5 Å². The van der Waals surface area contributed by atoms with E-state index >= 15 is 0 Å². The second-order valence-electron chi connectivity index (χ2n) is 14.2. The molecule has 0 unspecified atom stereocenters. The third-order valence-corrected chi connectivity index (χ3v) is 9.66. The molecule has 2 aliphatic heterocycles. The fourth-order valence-electron chi connectivity index (χ4n) is 6.93. The number of benzene rings is 2. The maximum Gasteiger partial charge on any atom is 0.416 e. The summed E-state index contributed by atoms with van der Waals surface area (Å²) >= 11 is 0. The first kappa shape index (κ1) is 40.8. The van der Waals surface area contributed by atoms with Gasteiger partial charge in [-0.25, -0.2) is 19.3 Å². The molecule has 0 saturated heterocycles. The van der Waals surface area contributed by atoms with Gasteiger partial charge in [0.15, 0.2) is 0 Å². The average molecular weight is 816 g/mol. The molecule has 0 spiro atoms. The van der Waals surface area contributed by atoms with Gasteiger partial charge in [0, 0.05) is 53.5 Å². The van der Waals surface area contributed by atoms with Crippen molar-refractivity contribution in [2.75, 3.05) is 30.3 Å². The van der Waals surface area contributed by atoms with E-state index in [0.29, 0.717) is 61.7 Å². The topological polar surface area (TPSA) is 150 Å². The number of alkyl halides is 6. The fourth-order valence-corrected chi connectivity index (χ4v) is 6.93. The maximum atomic E-state index is 13.1. The molecule has 0 atom stereocenters. The van der Waals surface area contributed by atoms with Gasteiger partial charge in [-0.1, -0.05) is 12.1 Å². The summed E-state index contributed by atoms with van der Waals surface area (Å²) in [6, 6.07) is 16.1. The standard InChI is InChI=1S/C21H20F3N7.C19H19F3N6/c1-13-10-14(2)31(29-13)20-27-18-12-30(9-7-25)8-6-17(18)19(28-20)26-16-5-3-4-15(11-16)21(22,23)24;1-11-8-12(2)28(27-11)18-25-16-10-23-7-6-15(16)17(26-18)24-14-5-3-4-13(9-14)19(20,21)22/h3-5,10-11H,6,8-9,12H2,1-2H3,(H,26,27,28);3-5,8-9,23H,6-7,10H2,1-2H3,(H,24,25,26). The number of anilines is 4. The van der Waals surface area contributed by atoms with Crippen LogP contribution in [0.25, 0.3) is 11.9 Å². The van der Waals surface area contributed by atoms with Crippen molar-refractivity contribution >= 4 is 23.0 Å². The Morgan fingerprint density at radius 2 is 1.20 bits per heavy atom. The van der Waals surface area contributed by atoms with Gasteiger partial charge in [0.05, 0.1) is 46.5 Å². The number of aryl methyl sites for hydroxylation is 4. The van der Waals surface area contributed by atoms with E-state index in [-0.39, 0.29) is 12.2 Å². The first-order chi connectivity index (χ1) is 28.0. The minimum atomic E-state index is -4.44. The highest BCUT2D eigenvalue weighted by atomic mass is 19.4. The second-order valence-corrected chi connectivity index (χ2v) is 14.2. The minimum absolute atomic E-state index is 0.273. The zero-order valence-electron chi connectivity index (χ0n) is 32.5. The molecule has 0 radical (unpaired) electrons. The third kappa shape index (κ3) is 9.34. The number of nitriles is 1. The Labute approximate surface area is 335 Å². The molecule has 0 bridgehead atoms. The summed E-state index contributed by atoms with van der Waals surface area (Å²) in [5, 5.41) is 27.3. The van der Waals surface area contributed by atoms with Crippen LogP contribution >= 0.6 is 0 Å². The highest BCUT2D eigenvalue weighted by molar-refractivity contribution is 5.63. The van der Waals surface area contributed by atoms with Crippen molar-refractivity contribution in [1.29, 1.82) is 5.26 Å². The fraction of sp³-hybridized carbons (Fsp3) is 0.325. The van der Waals surface area contributed by atoms with Gasteiger partial charge >= 0.3 is 12.4 Å². The van der Waals surface area contributed by atoms with Gasteiger partial charge in [0.25, 0.3) is 11.9 Å². The summed E-state index contributed by atoms with van der Waals surface area (Å²) in [5.41, 5.74) is 5.81. The van der Waals surface area contributed by atoms with Crippen molar-refractivity contribution < 1.29 is 26.3 Å². The molecule has 2 aromatic carbocycles. The quantitative estimate of drug-likeness (QED) is 0.108. The van der Waals surface area contributed by atoms with Gasteiger partial charge in [-0.05, 0) is 95.6 Å². The Hall–Kier alpha value is -6.39. The Morgan fingerprint density at radius 3 is 1.68 bits per heavy atom. The number of aromatic nitrogens is 8. The average Bonchev–Trinajstić information content (AvgIpc) is 3.72. The third-order valence-electron chi connectivity index (χ3n) is 9.66. The molecule has 59 heavy (non-hydrogen) atoms. The summed E-state index contributed by atoms with van der Waals surface area (Å²) in [7, 11) is 0. The van der Waals surface area contributed by atoms with E-state index in [1.807, 2.05) is 44.7 Å². The molecule has 4 aromatic heterocycles. The van der Waals surface area contributed by atoms with Crippen molar-refractivity contribution in [3.63, 3.8) is 0 Å². The van der Waals surface area contributed by atoms with E-state index in [2.05, 4.69) is 52.2 Å². The van der Waals surface area contributed by atoms with Crippen LogP contribution in [0.5, 0.6) is 0 Å². The second kappa shape index (κ2) is 16.5. The number of nitrogens with one attached hydrogen (secondary N) is 3. The lowest BCUT2D eigenvalue weighted by atomic mass is 10.1. The van der Waals surface area contributed by atoms with Crippen LogP contribution in [0.15, 0.2) is 60.7 Å². The Morgan fingerprint density at radius 1 is 0.695 bits per heavy atom. The van der Waals surface area contributed by atoms with Crippen molar-refractivity contribution in [3.05, 3.63) is 117 Å². The van der Waals surface area contributed by atoms with E-state index in [9.17, 15) is 26.3 Å². The SMILES string of the molecule is Cc1cc(C)n(-c2nc3c(c(Nc4cccc(C(F)(F)F)c4)n2)CCN(CC#N)C3)n1.Cc1cc(C)n(-c2nc3c(c(Nc4cccc(C(F)(F)F)c4)n2)CCNC3)n1. The molecular weight excluding hydrogens is 777 g/mol. The highest BCUT2D eigenvalue weighted by Gasteiger charge is 2.32. The molecular formula is C40H39F6N13. The van der Waals surface area contributed by atoms with Crippen molar-refractivity contribution in [3.8, 4) is 18.0 Å². The monoisotopic (exact) mass is 815 g/mol. The van der Waals surface area contributed by atoms with Gasteiger partial charge in [-0.15, -0.1) is 0 Å². The van der Waals surface area contributed by atoms with Gasteiger partial charge in [0.1, 0.15) is 11.6 Å². The number of nitrogens with zero attached hydrogens (tertiary/aromatic N) is 10. The Bertz CT molecular complexity index is 2530. The van der Waals surface area contributed by atoms with E-state index in [1.165, 1.54) is 12.1 Å². The van der Waals surface area contributed by atoms with Crippen LogP contribution in [-0.4, -0.2) is 64.0 Å². The van der Waals surface area contributed by atoms with Gasteiger partial charge in [-0.3, -0.25) is 4.90 Å². The molecule has 0 fully saturated rings. The van der Waals surface area contributed by atoms with Crippen LogP contribution < -0.4 is 16.0 Å². The van der Waals surface area contributed by atoms with E-state index in [1.54, 1.807) is 21.5 Å². The Kier molecular flexibility index (Phi) is 11.4. The van der Waals surface area contributed by atoms with Gasteiger partial charge < -0.3 is 16.0 Å². The zero-order valence-corrected chi connectivity index (χ0v) is 32.5. The lowest BCUT2D eigenvalue weighted by Gasteiger charge is -2.27. The number of rotatable bonds is 7. The van der Waals surface area contributed by atoms with Crippen molar-refractivity contribution in [2.45, 2.75) is 66.0 Å². The van der Waals surface area contributed by atoms with E-state index in [0.717, 1.165) is 76.1 Å². The largest absolute Gasteiger partial charge is 0.416 e. The summed E-state index contributed by atoms with van der Waals surface area (Å²) in [6.07, 6.45) is -7.57. The van der Waals surface area contributed by atoms with Crippen LogP contribution in [0.1, 0.15) is 56.4 Å². The van der Waals surface area contributed by atoms with Crippen molar-refractivity contribution in [2.24, 2.45) is 0 Å². The molecule has 8 rings (SSSR count). The van der Waals surface area contributed by atoms with Crippen LogP contribution in [0.2, 0.25) is 0 Å². The predicted molar refractivity (Wildman–Crippen MR) is 207 cm³/mol. The molecule has 6 heterocycles. The maximum absolute atomic E-state index is 13.1. The normalized spacial score (nSPS) is 14.1. The summed E-state index contributed by atoms with van der Waals surface area (Å²) in [6.45, 7) is 10.2. The first-order valence-electron chi connectivity index (χ1n) is 18.6. The van der Waals surface area contributed by atoms with Crippen LogP contribution in [0.4, 0.5) is 49.4 Å². The molecule has 13 nitrogen and oxygen atoms in total. The smallest absolute Gasteiger partial charge is 0.340 e. The highest BCUT2D eigenvalue weighted by Crippen LogP contribution is 2.34. The minimum Gasteiger partial charge on any atom is -0.340 e. The van der Waals surface area contributed by atoms with Crippen LogP contribution in [-0.2, 0) is 38.3 Å². The van der Waals surface area contributed by atoms with Gasteiger partial charge in [-0.2, -0.15) is 51.8 Å². The number of hydrogen-bond donors (Lipinski definition) is 3. The first-order valence-corrected chi connectivity index (χ1v) is 18.6. The number of halogens is 6. The summed E-state index contributed by atoms with van der Waals surface area (Å²) in [4.78, 5) is 20.4. The number of fused-ring (bicyclic) bond motifs is 2. The Balaban J connectivity index is 0.000000180. The van der Waals surface area contributed by atoms with Crippen LogP contribution in [0, 0.1) is 39.0 Å². The summed E-state index contributed by atoms with van der Waals surface area (Å²) < 4.78 is 81.8. The molecule has 6 aromatic rings. The zero-order chi connectivity index (χ0) is 42.1. The molecule has 0 aliphatic carbocycles. The molecule has 19 heteroatoms. The molecule has 2 aliphatic rings.